The van der Waals surface area contributed by atoms with Crippen molar-refractivity contribution in [2.24, 2.45) is 41.4 Å². The second-order valence-electron chi connectivity index (χ2n) is 9.35. The predicted molar refractivity (Wildman–Crippen MR) is 82.9 cm³/mol. The van der Waals surface area contributed by atoms with Gasteiger partial charge in [0, 0.05) is 5.92 Å². The van der Waals surface area contributed by atoms with Gasteiger partial charge in [-0.1, -0.05) is 13.8 Å². The first-order valence-electron chi connectivity index (χ1n) is 9.56. The Balaban J connectivity index is 1.54. The Bertz CT molecular complexity index is 465. The van der Waals surface area contributed by atoms with Crippen LogP contribution in [0.4, 0.5) is 0 Å². The average Bonchev–Trinajstić information content (AvgIpc) is 2.50. The van der Waals surface area contributed by atoms with Crippen molar-refractivity contribution in [2.45, 2.75) is 76.3 Å². The Hall–Kier alpha value is -0.120. The van der Waals surface area contributed by atoms with Gasteiger partial charge in [-0.2, -0.15) is 0 Å². The number of ether oxygens (including phenoxy) is 1. The van der Waals surface area contributed by atoms with Crippen molar-refractivity contribution in [3.8, 4) is 0 Å². The predicted octanol–water partition coefficient (Wildman–Crippen LogP) is 2.94. The summed E-state index contributed by atoms with van der Waals surface area (Å²) in [6.07, 6.45) is 7.40. The highest BCUT2D eigenvalue weighted by atomic mass is 16.6. The lowest BCUT2D eigenvalue weighted by Gasteiger charge is -2.76. The summed E-state index contributed by atoms with van der Waals surface area (Å²) in [4.78, 5) is 0. The zero-order chi connectivity index (χ0) is 15.3. The first kappa shape index (κ1) is 14.2. The van der Waals surface area contributed by atoms with Gasteiger partial charge >= 0.3 is 0 Å². The molecule has 0 aromatic rings. The Morgan fingerprint density at radius 2 is 1.55 bits per heavy atom. The molecular weight excluding hydrogens is 276 g/mol. The van der Waals surface area contributed by atoms with Gasteiger partial charge in [-0.25, -0.2) is 0 Å². The van der Waals surface area contributed by atoms with E-state index >= 15 is 0 Å². The van der Waals surface area contributed by atoms with Crippen LogP contribution in [-0.4, -0.2) is 27.7 Å². The van der Waals surface area contributed by atoms with E-state index in [1.807, 2.05) is 0 Å². The normalized spacial score (nSPS) is 60.0. The van der Waals surface area contributed by atoms with Crippen molar-refractivity contribution in [3.63, 3.8) is 0 Å². The number of aliphatic hydroxyl groups is 2. The SMILES string of the molecule is CCC(C)[C@H](O)OC12CC3CC4C1CC1CC2C(C3)C4(O)C1. The first-order valence-corrected chi connectivity index (χ1v) is 9.56. The van der Waals surface area contributed by atoms with Crippen molar-refractivity contribution in [3.05, 3.63) is 0 Å². The van der Waals surface area contributed by atoms with Crippen molar-refractivity contribution in [1.82, 2.24) is 0 Å². The van der Waals surface area contributed by atoms with E-state index in [0.29, 0.717) is 29.6 Å². The lowest BCUT2D eigenvalue weighted by Crippen LogP contribution is -2.78. The van der Waals surface area contributed by atoms with Gasteiger partial charge in [-0.15, -0.1) is 0 Å². The lowest BCUT2D eigenvalue weighted by molar-refractivity contribution is -0.378. The van der Waals surface area contributed by atoms with Crippen LogP contribution in [0.1, 0.15) is 58.8 Å². The Morgan fingerprint density at radius 3 is 2.14 bits per heavy atom. The van der Waals surface area contributed by atoms with E-state index in [0.717, 1.165) is 25.2 Å². The molecule has 8 bridgehead atoms. The average molecular weight is 306 g/mol. The third-order valence-electron chi connectivity index (χ3n) is 8.55. The molecule has 0 spiro atoms. The molecule has 7 saturated carbocycles. The van der Waals surface area contributed by atoms with E-state index in [1.165, 1.54) is 25.7 Å². The zero-order valence-electron chi connectivity index (χ0n) is 13.9. The molecule has 7 rings (SSSR count). The van der Waals surface area contributed by atoms with Crippen LogP contribution in [0.5, 0.6) is 0 Å². The van der Waals surface area contributed by atoms with E-state index in [4.69, 9.17) is 4.74 Å². The highest BCUT2D eigenvalue weighted by Crippen LogP contribution is 2.74. The minimum Gasteiger partial charge on any atom is -0.389 e. The number of hydrogen-bond donors (Lipinski definition) is 2. The molecule has 0 amide bonds. The topological polar surface area (TPSA) is 49.7 Å². The van der Waals surface area contributed by atoms with Gasteiger partial charge in [-0.3, -0.25) is 0 Å². The summed E-state index contributed by atoms with van der Waals surface area (Å²) in [5.41, 5.74) is -0.496. The molecule has 0 aliphatic heterocycles. The smallest absolute Gasteiger partial charge is 0.157 e. The summed E-state index contributed by atoms with van der Waals surface area (Å²) >= 11 is 0. The highest BCUT2D eigenvalue weighted by molar-refractivity contribution is 5.25. The molecule has 22 heavy (non-hydrogen) atoms. The summed E-state index contributed by atoms with van der Waals surface area (Å²) in [6.45, 7) is 4.21. The summed E-state index contributed by atoms with van der Waals surface area (Å²) in [7, 11) is 0. The van der Waals surface area contributed by atoms with Crippen LogP contribution in [0, 0.1) is 41.4 Å². The van der Waals surface area contributed by atoms with E-state index in [2.05, 4.69) is 13.8 Å². The molecule has 0 aromatic carbocycles. The second-order valence-corrected chi connectivity index (χ2v) is 9.35. The van der Waals surface area contributed by atoms with Gasteiger partial charge in [0.15, 0.2) is 6.29 Å². The second kappa shape index (κ2) is 4.29. The molecule has 3 nitrogen and oxygen atoms in total. The molecule has 7 fully saturated rings. The standard InChI is InChI=1S/C19H30O3/c1-3-10(2)17(20)22-19-9-12-4-13-15(19)6-11-7-16(19)14(5-12)18(13,21)8-11/h10-17,20-21H,3-9H2,1-2H3/t10?,11?,12?,13?,14?,15?,16?,17-,18?,19?/m1/s1. The van der Waals surface area contributed by atoms with E-state index in [-0.39, 0.29) is 17.1 Å². The van der Waals surface area contributed by atoms with Gasteiger partial charge in [-0.05, 0) is 80.5 Å². The summed E-state index contributed by atoms with van der Waals surface area (Å²) in [5, 5.41) is 22.0. The van der Waals surface area contributed by atoms with Crippen molar-refractivity contribution < 1.29 is 14.9 Å². The quantitative estimate of drug-likeness (QED) is 0.785. The molecule has 3 heteroatoms. The van der Waals surface area contributed by atoms with Crippen molar-refractivity contribution in [1.29, 1.82) is 0 Å². The first-order chi connectivity index (χ1) is 10.5. The van der Waals surface area contributed by atoms with Crippen LogP contribution >= 0.6 is 0 Å². The maximum absolute atomic E-state index is 11.4. The third kappa shape index (κ3) is 1.49. The van der Waals surface area contributed by atoms with Crippen LogP contribution < -0.4 is 0 Å². The minimum absolute atomic E-state index is 0.109. The molecule has 7 aliphatic rings. The maximum atomic E-state index is 11.4. The van der Waals surface area contributed by atoms with Gasteiger partial charge in [0.2, 0.25) is 0 Å². The van der Waals surface area contributed by atoms with Gasteiger partial charge in [0.1, 0.15) is 0 Å². The number of aliphatic hydroxyl groups excluding tert-OH is 1. The van der Waals surface area contributed by atoms with Gasteiger partial charge in [0.05, 0.1) is 11.2 Å². The van der Waals surface area contributed by atoms with E-state index in [9.17, 15) is 10.2 Å². The molecule has 5 unspecified atom stereocenters. The van der Waals surface area contributed by atoms with Crippen molar-refractivity contribution >= 4 is 0 Å². The zero-order valence-corrected chi connectivity index (χ0v) is 13.9. The highest BCUT2D eigenvalue weighted by Gasteiger charge is 2.76. The largest absolute Gasteiger partial charge is 0.389 e. The van der Waals surface area contributed by atoms with Gasteiger partial charge < -0.3 is 14.9 Å². The van der Waals surface area contributed by atoms with Crippen LogP contribution in [0.3, 0.4) is 0 Å². The van der Waals surface area contributed by atoms with E-state index < -0.39 is 6.29 Å². The molecule has 6 atom stereocenters. The Morgan fingerprint density at radius 1 is 1.00 bits per heavy atom. The maximum Gasteiger partial charge on any atom is 0.157 e. The fraction of sp³-hybridized carbons (Fsp3) is 1.00. The lowest BCUT2D eigenvalue weighted by atomic mass is 9.32. The summed E-state index contributed by atoms with van der Waals surface area (Å²) in [5.74, 6) is 3.53. The molecule has 0 aromatic heterocycles. The fourth-order valence-electron chi connectivity index (χ4n) is 7.64. The number of rotatable bonds is 4. The van der Waals surface area contributed by atoms with Gasteiger partial charge in [0.25, 0.3) is 0 Å². The molecule has 0 saturated heterocycles. The summed E-state index contributed by atoms with van der Waals surface area (Å²) in [6, 6.07) is 0. The third-order valence-corrected chi connectivity index (χ3v) is 8.55. The molecule has 0 heterocycles. The summed E-state index contributed by atoms with van der Waals surface area (Å²) < 4.78 is 6.53. The monoisotopic (exact) mass is 306 g/mol. The molecule has 2 N–H and O–H groups in total. The fourth-order valence-corrected chi connectivity index (χ4v) is 7.64. The van der Waals surface area contributed by atoms with Crippen LogP contribution in [0.2, 0.25) is 0 Å². The molecule has 124 valence electrons. The molecule has 0 radical (unpaired) electrons. The minimum atomic E-state index is -0.629. The van der Waals surface area contributed by atoms with Crippen LogP contribution in [-0.2, 0) is 4.74 Å². The Kier molecular flexibility index (Phi) is 2.77. The van der Waals surface area contributed by atoms with E-state index in [1.54, 1.807) is 0 Å². The van der Waals surface area contributed by atoms with Crippen molar-refractivity contribution in [2.75, 3.05) is 0 Å². The molecule has 7 aliphatic carbocycles. The Labute approximate surface area is 133 Å². The van der Waals surface area contributed by atoms with Crippen LogP contribution in [0.15, 0.2) is 0 Å². The molecular formula is C19H30O3. The van der Waals surface area contributed by atoms with Crippen LogP contribution in [0.25, 0.3) is 0 Å². The number of hydrogen-bond acceptors (Lipinski definition) is 3.